The zero-order valence-electron chi connectivity index (χ0n) is 8.81. The van der Waals surface area contributed by atoms with Gasteiger partial charge in [-0.25, -0.2) is 4.39 Å². The molecule has 0 fully saturated rings. The van der Waals surface area contributed by atoms with Crippen LogP contribution in [0.15, 0.2) is 58.3 Å². The van der Waals surface area contributed by atoms with Gasteiger partial charge in [-0.1, -0.05) is 30.0 Å². The van der Waals surface area contributed by atoms with Crippen molar-refractivity contribution >= 4 is 11.8 Å². The summed E-state index contributed by atoms with van der Waals surface area (Å²) >= 11 is 1.56. The highest BCUT2D eigenvalue weighted by Gasteiger charge is 2.05. The van der Waals surface area contributed by atoms with Gasteiger partial charge in [-0.05, 0) is 24.3 Å². The van der Waals surface area contributed by atoms with E-state index >= 15 is 0 Å². The summed E-state index contributed by atoms with van der Waals surface area (Å²) in [6.07, 6.45) is 0. The van der Waals surface area contributed by atoms with Crippen LogP contribution >= 0.6 is 11.8 Å². The van der Waals surface area contributed by atoms with Gasteiger partial charge in [-0.2, -0.15) is 0 Å². The first-order chi connectivity index (χ1) is 7.79. The topological polar surface area (TPSA) is 9.23 Å². The van der Waals surface area contributed by atoms with Crippen molar-refractivity contribution in [2.45, 2.75) is 9.79 Å². The predicted octanol–water partition coefficient (Wildman–Crippen LogP) is 3.99. The molecule has 0 amide bonds. The molecule has 1 nitrogen and oxygen atoms in total. The highest BCUT2D eigenvalue weighted by molar-refractivity contribution is 7.99. The fourth-order valence-electron chi connectivity index (χ4n) is 1.34. The molecule has 0 unspecified atom stereocenters. The Morgan fingerprint density at radius 1 is 1.06 bits per heavy atom. The van der Waals surface area contributed by atoms with Crippen LogP contribution in [0.4, 0.5) is 4.39 Å². The van der Waals surface area contributed by atoms with E-state index in [4.69, 9.17) is 4.74 Å². The molecule has 0 aliphatic carbocycles. The normalized spacial score (nSPS) is 10.1. The van der Waals surface area contributed by atoms with Gasteiger partial charge < -0.3 is 4.74 Å². The molecular formula is C13H11FOS. The van der Waals surface area contributed by atoms with Crippen LogP contribution in [-0.4, -0.2) is 7.11 Å². The second-order valence-electron chi connectivity index (χ2n) is 3.21. The molecule has 2 rings (SSSR count). The third-order valence-corrected chi connectivity index (χ3v) is 3.16. The van der Waals surface area contributed by atoms with Crippen molar-refractivity contribution in [2.24, 2.45) is 0 Å². The number of benzene rings is 2. The summed E-state index contributed by atoms with van der Waals surface area (Å²) in [7, 11) is 1.55. The zero-order chi connectivity index (χ0) is 11.4. The summed E-state index contributed by atoms with van der Waals surface area (Å²) in [6, 6.07) is 14.5. The van der Waals surface area contributed by atoms with Crippen molar-refractivity contribution in [2.75, 3.05) is 7.11 Å². The predicted molar refractivity (Wildman–Crippen MR) is 63.5 cm³/mol. The highest BCUT2D eigenvalue weighted by Crippen LogP contribution is 2.34. The smallest absolute Gasteiger partial charge is 0.135 e. The van der Waals surface area contributed by atoms with E-state index < -0.39 is 0 Å². The third kappa shape index (κ3) is 2.55. The Morgan fingerprint density at radius 3 is 2.50 bits per heavy atom. The molecule has 0 saturated carbocycles. The standard InChI is InChI=1S/C13H11FOS/c1-15-12-9-10(14)7-8-13(12)16-11-5-3-2-4-6-11/h2-9H,1H3. The van der Waals surface area contributed by atoms with Crippen LogP contribution in [0, 0.1) is 5.82 Å². The Bertz CT molecular complexity index is 471. The molecule has 0 atom stereocenters. The lowest BCUT2D eigenvalue weighted by atomic mass is 10.3. The van der Waals surface area contributed by atoms with Gasteiger partial charge in [0.05, 0.1) is 12.0 Å². The monoisotopic (exact) mass is 234 g/mol. The van der Waals surface area contributed by atoms with Gasteiger partial charge in [0.1, 0.15) is 11.6 Å². The fraction of sp³-hybridized carbons (Fsp3) is 0.0769. The van der Waals surface area contributed by atoms with E-state index in [0.29, 0.717) is 5.75 Å². The number of hydrogen-bond acceptors (Lipinski definition) is 2. The van der Waals surface area contributed by atoms with E-state index in [9.17, 15) is 4.39 Å². The molecule has 2 aromatic rings. The molecule has 82 valence electrons. The lowest BCUT2D eigenvalue weighted by Gasteiger charge is -2.07. The van der Waals surface area contributed by atoms with E-state index in [1.54, 1.807) is 24.9 Å². The minimum absolute atomic E-state index is 0.283. The van der Waals surface area contributed by atoms with Crippen LogP contribution < -0.4 is 4.74 Å². The number of halogens is 1. The average molecular weight is 234 g/mol. The van der Waals surface area contributed by atoms with Gasteiger partial charge in [-0.3, -0.25) is 0 Å². The first-order valence-electron chi connectivity index (χ1n) is 4.86. The van der Waals surface area contributed by atoms with Crippen LogP contribution in [-0.2, 0) is 0 Å². The highest BCUT2D eigenvalue weighted by atomic mass is 32.2. The van der Waals surface area contributed by atoms with Crippen molar-refractivity contribution in [3.8, 4) is 5.75 Å². The molecule has 0 spiro atoms. The van der Waals surface area contributed by atoms with Crippen molar-refractivity contribution < 1.29 is 9.13 Å². The Labute approximate surface area is 98.3 Å². The maximum atomic E-state index is 13.0. The van der Waals surface area contributed by atoms with Gasteiger partial charge in [0, 0.05) is 11.0 Å². The van der Waals surface area contributed by atoms with Crippen LogP contribution in [0.1, 0.15) is 0 Å². The van der Waals surface area contributed by atoms with Crippen LogP contribution in [0.2, 0.25) is 0 Å². The minimum atomic E-state index is -0.283. The van der Waals surface area contributed by atoms with Gasteiger partial charge in [0.2, 0.25) is 0 Å². The van der Waals surface area contributed by atoms with E-state index in [1.807, 2.05) is 30.3 Å². The summed E-state index contributed by atoms with van der Waals surface area (Å²) in [4.78, 5) is 2.02. The zero-order valence-corrected chi connectivity index (χ0v) is 9.63. The summed E-state index contributed by atoms with van der Waals surface area (Å²) < 4.78 is 18.1. The molecule has 2 aromatic carbocycles. The minimum Gasteiger partial charge on any atom is -0.495 e. The van der Waals surface area contributed by atoms with Gasteiger partial charge >= 0.3 is 0 Å². The van der Waals surface area contributed by atoms with E-state index in [1.165, 1.54) is 12.1 Å². The second kappa shape index (κ2) is 5.03. The van der Waals surface area contributed by atoms with Crippen molar-refractivity contribution in [3.63, 3.8) is 0 Å². The Kier molecular flexibility index (Phi) is 3.47. The molecule has 0 aliphatic rings. The van der Waals surface area contributed by atoms with Crippen LogP contribution in [0.5, 0.6) is 5.75 Å². The van der Waals surface area contributed by atoms with E-state index in [0.717, 1.165) is 9.79 Å². The Balaban J connectivity index is 2.28. The number of ether oxygens (including phenoxy) is 1. The van der Waals surface area contributed by atoms with E-state index in [-0.39, 0.29) is 5.82 Å². The molecule has 0 aromatic heterocycles. The van der Waals surface area contributed by atoms with Crippen molar-refractivity contribution in [1.82, 2.24) is 0 Å². The number of rotatable bonds is 3. The number of methoxy groups -OCH3 is 1. The molecule has 0 radical (unpaired) electrons. The van der Waals surface area contributed by atoms with Crippen molar-refractivity contribution in [3.05, 3.63) is 54.3 Å². The fourth-order valence-corrected chi connectivity index (χ4v) is 2.27. The Hall–Kier alpha value is -1.48. The first-order valence-corrected chi connectivity index (χ1v) is 5.67. The number of hydrogen-bond donors (Lipinski definition) is 0. The lowest BCUT2D eigenvalue weighted by molar-refractivity contribution is 0.401. The third-order valence-electron chi connectivity index (χ3n) is 2.10. The van der Waals surface area contributed by atoms with Gasteiger partial charge in [0.15, 0.2) is 0 Å². The molecule has 0 bridgehead atoms. The van der Waals surface area contributed by atoms with Crippen LogP contribution in [0.25, 0.3) is 0 Å². The summed E-state index contributed by atoms with van der Waals surface area (Å²) in [5.74, 6) is 0.281. The average Bonchev–Trinajstić information content (AvgIpc) is 2.33. The summed E-state index contributed by atoms with van der Waals surface area (Å²) in [5.41, 5.74) is 0. The molecule has 0 aliphatic heterocycles. The van der Waals surface area contributed by atoms with E-state index in [2.05, 4.69) is 0 Å². The van der Waals surface area contributed by atoms with Crippen molar-refractivity contribution in [1.29, 1.82) is 0 Å². The Morgan fingerprint density at radius 2 is 1.81 bits per heavy atom. The van der Waals surface area contributed by atoms with Gasteiger partial charge in [-0.15, -0.1) is 0 Å². The summed E-state index contributed by atoms with van der Waals surface area (Å²) in [6.45, 7) is 0. The molecular weight excluding hydrogens is 223 g/mol. The molecule has 0 N–H and O–H groups in total. The SMILES string of the molecule is COc1cc(F)ccc1Sc1ccccc1. The first kappa shape index (κ1) is 11.0. The van der Waals surface area contributed by atoms with Crippen LogP contribution in [0.3, 0.4) is 0 Å². The van der Waals surface area contributed by atoms with Gasteiger partial charge in [0.25, 0.3) is 0 Å². The molecule has 16 heavy (non-hydrogen) atoms. The second-order valence-corrected chi connectivity index (χ2v) is 4.33. The maximum Gasteiger partial charge on any atom is 0.135 e. The molecule has 0 saturated heterocycles. The largest absolute Gasteiger partial charge is 0.495 e. The summed E-state index contributed by atoms with van der Waals surface area (Å²) in [5, 5.41) is 0. The lowest BCUT2D eigenvalue weighted by Crippen LogP contribution is -1.87. The maximum absolute atomic E-state index is 13.0. The molecule has 0 heterocycles. The quantitative estimate of drug-likeness (QED) is 0.794. The molecule has 3 heteroatoms.